The van der Waals surface area contributed by atoms with E-state index in [1.165, 1.54) is 4.90 Å². The number of aromatic nitrogens is 3. The molecule has 3 rings (SSSR count). The summed E-state index contributed by atoms with van der Waals surface area (Å²) in [5.74, 6) is 0. The Morgan fingerprint density at radius 2 is 2.00 bits per heavy atom. The molecule has 2 heterocycles. The number of nitrogens with zero attached hydrogens (tertiary/aromatic N) is 3. The van der Waals surface area contributed by atoms with Crippen molar-refractivity contribution in [3.8, 4) is 0 Å². The van der Waals surface area contributed by atoms with Gasteiger partial charge in [0.1, 0.15) is 11.2 Å². The van der Waals surface area contributed by atoms with Crippen molar-refractivity contribution < 1.29 is 0 Å². The van der Waals surface area contributed by atoms with Crippen LogP contribution in [-0.4, -0.2) is 25.9 Å². The molecule has 106 valence electrons. The van der Waals surface area contributed by atoms with Crippen LogP contribution in [0.25, 0.3) is 11.2 Å². The number of nitrogens with one attached hydrogen (secondary N) is 1. The van der Waals surface area contributed by atoms with Crippen LogP contribution in [-0.2, 0) is 0 Å². The number of benzene rings is 1. The van der Waals surface area contributed by atoms with E-state index in [-0.39, 0.29) is 0 Å². The molecule has 1 N–H and O–H groups in total. The lowest BCUT2D eigenvalue weighted by Crippen LogP contribution is -2.05. The number of rotatable bonds is 4. The van der Waals surface area contributed by atoms with Crippen LogP contribution in [0.2, 0.25) is 0 Å². The SMILES string of the molecule is CSc1ccc(C(=N)c2cnc3c(ccn3SI)n2)cc1. The van der Waals surface area contributed by atoms with Crippen LogP contribution in [0.4, 0.5) is 0 Å². The smallest absolute Gasteiger partial charge is 0.169 e. The van der Waals surface area contributed by atoms with Crippen molar-refractivity contribution in [2.75, 3.05) is 6.26 Å². The lowest BCUT2D eigenvalue weighted by molar-refractivity contribution is 1.21. The van der Waals surface area contributed by atoms with Crippen molar-refractivity contribution in [1.82, 2.24) is 13.9 Å². The molecule has 0 fully saturated rings. The maximum absolute atomic E-state index is 8.30. The molecule has 0 spiro atoms. The summed E-state index contributed by atoms with van der Waals surface area (Å²) in [5, 5.41) is 8.30. The Hall–Kier alpha value is -1.06. The zero-order valence-corrected chi connectivity index (χ0v) is 14.9. The van der Waals surface area contributed by atoms with Crippen molar-refractivity contribution in [2.45, 2.75) is 4.90 Å². The molecule has 0 aliphatic rings. The molecular formula is C14H11IN4S2. The van der Waals surface area contributed by atoms with Gasteiger partial charge in [-0.2, -0.15) is 0 Å². The fourth-order valence-electron chi connectivity index (χ4n) is 1.97. The first-order chi connectivity index (χ1) is 10.2. The fraction of sp³-hybridized carbons (Fsp3) is 0.0714. The summed E-state index contributed by atoms with van der Waals surface area (Å²) >= 11 is 3.89. The molecule has 0 unspecified atom stereocenters. The van der Waals surface area contributed by atoms with E-state index < -0.39 is 0 Å². The molecule has 0 aliphatic heterocycles. The summed E-state index contributed by atoms with van der Waals surface area (Å²) in [6.07, 6.45) is 5.63. The number of hydrogen-bond donors (Lipinski definition) is 1. The second-order valence-electron chi connectivity index (χ2n) is 4.28. The Balaban J connectivity index is 1.96. The lowest BCUT2D eigenvalue weighted by Gasteiger charge is -2.05. The van der Waals surface area contributed by atoms with E-state index in [1.54, 1.807) is 27.1 Å². The highest BCUT2D eigenvalue weighted by atomic mass is 127. The van der Waals surface area contributed by atoms with E-state index in [0.29, 0.717) is 11.4 Å². The molecule has 0 radical (unpaired) electrons. The molecule has 4 nitrogen and oxygen atoms in total. The highest BCUT2D eigenvalue weighted by molar-refractivity contribution is 14.2. The zero-order valence-electron chi connectivity index (χ0n) is 11.1. The van der Waals surface area contributed by atoms with Gasteiger partial charge in [0, 0.05) is 47.0 Å². The van der Waals surface area contributed by atoms with E-state index >= 15 is 0 Å². The molecular weight excluding hydrogens is 415 g/mol. The van der Waals surface area contributed by atoms with Gasteiger partial charge in [-0.15, -0.1) is 11.8 Å². The number of fused-ring (bicyclic) bond motifs is 1. The second kappa shape index (κ2) is 6.37. The molecule has 7 heteroatoms. The molecule has 3 aromatic rings. The van der Waals surface area contributed by atoms with Crippen molar-refractivity contribution in [1.29, 1.82) is 5.41 Å². The summed E-state index contributed by atoms with van der Waals surface area (Å²) in [4.78, 5) is 10.1. The third-order valence-electron chi connectivity index (χ3n) is 3.06. The average Bonchev–Trinajstić information content (AvgIpc) is 2.96. The van der Waals surface area contributed by atoms with Gasteiger partial charge in [0.15, 0.2) is 5.65 Å². The van der Waals surface area contributed by atoms with Gasteiger partial charge in [0.05, 0.1) is 11.9 Å². The predicted octanol–water partition coefficient (Wildman–Crippen LogP) is 4.42. The lowest BCUT2D eigenvalue weighted by atomic mass is 10.1. The molecule has 0 atom stereocenters. The maximum Gasteiger partial charge on any atom is 0.169 e. The Morgan fingerprint density at radius 3 is 2.67 bits per heavy atom. The highest BCUT2D eigenvalue weighted by Crippen LogP contribution is 2.23. The van der Waals surface area contributed by atoms with Crippen molar-refractivity contribution in [2.24, 2.45) is 0 Å². The molecule has 2 aromatic heterocycles. The second-order valence-corrected chi connectivity index (χ2v) is 6.87. The Kier molecular flexibility index (Phi) is 4.51. The molecule has 0 bridgehead atoms. The van der Waals surface area contributed by atoms with Crippen LogP contribution in [0.1, 0.15) is 11.3 Å². The van der Waals surface area contributed by atoms with Crippen molar-refractivity contribution >= 4 is 59.0 Å². The van der Waals surface area contributed by atoms with Gasteiger partial charge in [-0.1, -0.05) is 12.1 Å². The molecule has 0 saturated carbocycles. The van der Waals surface area contributed by atoms with E-state index in [4.69, 9.17) is 5.41 Å². The number of hydrogen-bond acceptors (Lipinski definition) is 5. The van der Waals surface area contributed by atoms with Crippen molar-refractivity contribution in [3.05, 3.63) is 54.0 Å². The summed E-state index contributed by atoms with van der Waals surface area (Å²) in [6, 6.07) is 9.85. The fourth-order valence-corrected chi connectivity index (χ4v) is 3.64. The largest absolute Gasteiger partial charge is 0.298 e. The maximum atomic E-state index is 8.30. The quantitative estimate of drug-likeness (QED) is 0.382. The number of halogens is 1. The summed E-state index contributed by atoms with van der Waals surface area (Å²) in [5.41, 5.74) is 3.47. The average molecular weight is 426 g/mol. The third-order valence-corrected chi connectivity index (χ3v) is 5.52. The zero-order chi connectivity index (χ0) is 14.8. The van der Waals surface area contributed by atoms with Gasteiger partial charge in [-0.3, -0.25) is 9.38 Å². The minimum absolute atomic E-state index is 0.395. The summed E-state index contributed by atoms with van der Waals surface area (Å²) < 4.78 is 1.95. The van der Waals surface area contributed by atoms with Crippen LogP contribution in [0.5, 0.6) is 0 Å². The summed E-state index contributed by atoms with van der Waals surface area (Å²) in [6.45, 7) is 0. The topological polar surface area (TPSA) is 54.6 Å². The van der Waals surface area contributed by atoms with Gasteiger partial charge < -0.3 is 0 Å². The molecule has 0 saturated heterocycles. The minimum Gasteiger partial charge on any atom is -0.298 e. The molecule has 1 aromatic carbocycles. The standard InChI is InChI=1S/C14H11IN4S2/c1-20-10-4-2-9(3-5-10)13(16)12-8-17-14-11(18-12)6-7-19(14)21-15/h2-8,16H,1H3. The van der Waals surface area contributed by atoms with Crippen LogP contribution in [0, 0.1) is 5.41 Å². The normalized spacial score (nSPS) is 11.0. The minimum atomic E-state index is 0.395. The molecule has 0 amide bonds. The first-order valence-corrected chi connectivity index (χ1v) is 10.6. The highest BCUT2D eigenvalue weighted by Gasteiger charge is 2.10. The Morgan fingerprint density at radius 1 is 1.24 bits per heavy atom. The van der Waals surface area contributed by atoms with E-state index in [2.05, 4.69) is 31.2 Å². The van der Waals surface area contributed by atoms with Gasteiger partial charge in [-0.25, -0.2) is 9.97 Å². The van der Waals surface area contributed by atoms with Crippen molar-refractivity contribution in [3.63, 3.8) is 0 Å². The van der Waals surface area contributed by atoms with E-state index in [9.17, 15) is 0 Å². The third kappa shape index (κ3) is 2.95. The van der Waals surface area contributed by atoms with E-state index in [1.807, 2.05) is 46.8 Å². The van der Waals surface area contributed by atoms with Crippen LogP contribution >= 0.6 is 42.1 Å². The van der Waals surface area contributed by atoms with E-state index in [0.717, 1.165) is 16.7 Å². The van der Waals surface area contributed by atoms with Crippen LogP contribution in [0.15, 0.2) is 47.6 Å². The van der Waals surface area contributed by atoms with Crippen LogP contribution in [0.3, 0.4) is 0 Å². The summed E-state index contributed by atoms with van der Waals surface area (Å²) in [7, 11) is 1.55. The Labute approximate surface area is 143 Å². The Bertz CT molecular complexity index is 798. The van der Waals surface area contributed by atoms with Gasteiger partial charge in [0.2, 0.25) is 0 Å². The molecule has 0 aliphatic carbocycles. The molecule has 21 heavy (non-hydrogen) atoms. The van der Waals surface area contributed by atoms with Crippen LogP contribution < -0.4 is 0 Å². The van der Waals surface area contributed by atoms with Gasteiger partial charge in [0.25, 0.3) is 0 Å². The predicted molar refractivity (Wildman–Crippen MR) is 98.7 cm³/mol. The van der Waals surface area contributed by atoms with Gasteiger partial charge in [-0.05, 0) is 24.5 Å². The number of thioether (sulfide) groups is 1. The first kappa shape index (κ1) is 14.9. The van der Waals surface area contributed by atoms with Gasteiger partial charge >= 0.3 is 0 Å². The monoisotopic (exact) mass is 426 g/mol. The first-order valence-electron chi connectivity index (χ1n) is 6.09.